The van der Waals surface area contributed by atoms with Crippen LogP contribution in [0.15, 0.2) is 102 Å². The van der Waals surface area contributed by atoms with Gasteiger partial charge < -0.3 is 74.7 Å². The number of piperazine rings is 3. The minimum atomic E-state index is -0.516. The van der Waals surface area contributed by atoms with Crippen LogP contribution in [0, 0.1) is 17.8 Å². The number of dihydropyridines is 1. The Morgan fingerprint density at radius 2 is 0.879 bits per heavy atom. The molecule has 694 valence electrons. The van der Waals surface area contributed by atoms with Crippen molar-refractivity contribution < 1.29 is 76.3 Å². The quantitative estimate of drug-likeness (QED) is 0.0418. The third-order valence-corrected chi connectivity index (χ3v) is 23.4. The fourth-order valence-electron chi connectivity index (χ4n) is 14.3. The average molecular weight is 1880 g/mol. The van der Waals surface area contributed by atoms with Crippen molar-refractivity contribution in [3.63, 3.8) is 0 Å². The minimum Gasteiger partial charge on any atom is -0.496 e. The van der Waals surface area contributed by atoms with Gasteiger partial charge in [-0.1, -0.05) is 95.3 Å². The Morgan fingerprint density at radius 1 is 0.411 bits per heavy atom. The Morgan fingerprint density at radius 3 is 1.39 bits per heavy atom. The van der Waals surface area contributed by atoms with Crippen molar-refractivity contribution in [2.24, 2.45) is 47.7 Å². The fraction of sp³-hybridized carbons (Fsp3) is 0.674. The number of thiol groups is 8. The van der Waals surface area contributed by atoms with Crippen molar-refractivity contribution in [3.05, 3.63) is 83.6 Å². The van der Waals surface area contributed by atoms with Gasteiger partial charge in [0, 0.05) is 91.4 Å². The molecule has 16 atom stereocenters. The number of nitrogens with one attached hydrogen (secondary N) is 6. The summed E-state index contributed by atoms with van der Waals surface area (Å²) in [5, 5.41) is 16.0. The van der Waals surface area contributed by atoms with E-state index in [0.29, 0.717) is 147 Å². The number of rotatable bonds is 25. The summed E-state index contributed by atoms with van der Waals surface area (Å²) in [4.78, 5) is 123. The number of ketones is 1. The van der Waals surface area contributed by atoms with Crippen molar-refractivity contribution >= 4 is 184 Å². The summed E-state index contributed by atoms with van der Waals surface area (Å²) in [5.74, 6) is 9.16. The van der Waals surface area contributed by atoms with Crippen LogP contribution < -0.4 is 31.9 Å². The van der Waals surface area contributed by atoms with Gasteiger partial charge in [-0.05, 0) is 117 Å². The van der Waals surface area contributed by atoms with Crippen LogP contribution in [0.2, 0.25) is 0 Å². The average Bonchev–Trinajstić information content (AvgIpc) is 1.61. The lowest BCUT2D eigenvalue weighted by atomic mass is 9.88. The summed E-state index contributed by atoms with van der Waals surface area (Å²) in [6, 6.07) is 17.1. The van der Waals surface area contributed by atoms with Gasteiger partial charge >= 0.3 is 0 Å². The first kappa shape index (κ1) is 108. The molecule has 2 aromatic rings. The van der Waals surface area contributed by atoms with Crippen LogP contribution in [0.3, 0.4) is 0 Å². The maximum Gasteiger partial charge on any atom is 0.246 e. The van der Waals surface area contributed by atoms with Gasteiger partial charge in [-0.25, -0.2) is 30.0 Å². The number of aliphatic imine (C=N–C) groups is 6. The maximum absolute atomic E-state index is 11.8. The number of ether oxygens (including phenoxy) is 8. The molecule has 30 nitrogen and oxygen atoms in total. The molecule has 0 saturated carbocycles. The van der Waals surface area contributed by atoms with Crippen molar-refractivity contribution in [2.75, 3.05) is 112 Å². The van der Waals surface area contributed by atoms with E-state index in [-0.39, 0.29) is 120 Å². The van der Waals surface area contributed by atoms with Gasteiger partial charge in [-0.2, -0.15) is 101 Å². The largest absolute Gasteiger partial charge is 0.496 e. The second kappa shape index (κ2) is 58.8. The molecule has 0 radical (unpaired) electrons. The Hall–Kier alpha value is -6.52. The van der Waals surface area contributed by atoms with E-state index in [2.05, 4.69) is 189 Å². The molecule has 0 bridgehead atoms. The zero-order valence-corrected chi connectivity index (χ0v) is 81.2. The minimum absolute atomic E-state index is 0.0175. The number of hydrogen-bond donors (Lipinski definition) is 14. The Kier molecular flexibility index (Phi) is 51.3. The SMILES string of the molecule is CC(C)[C@H]1NC(=O)[C@H](CS)CC1=O.CCOC1=CCC(OCC)=N[C@H]1CS.CCOC1=N[C@@H](CS)C(OCC)N2CCC[C@H]12.CCOC1=N[C@H](C(C)C)C(OCC)=N[C@H]1CS.CCOC1=N[C@H](Cc2ccccc2)C(OCC)=N[C@H]1CS.CC[C@H]1NC(=O)[C@H](CS)NC1=O.O=C1N[C@@H](CS)C(=O)N2CCC[C@H]12.O=C1N[C@H](Cc2ccccc2)C(=O)N[C@H]1CS. The van der Waals surface area contributed by atoms with E-state index in [0.717, 1.165) is 74.9 Å². The summed E-state index contributed by atoms with van der Waals surface area (Å²) in [7, 11) is 0. The predicted molar refractivity (Wildman–Crippen MR) is 517 cm³/mol. The van der Waals surface area contributed by atoms with Crippen LogP contribution in [-0.4, -0.2) is 295 Å². The third kappa shape index (κ3) is 33.5. The number of hydrogen-bond acceptors (Lipinski definition) is 31. The highest BCUT2D eigenvalue weighted by molar-refractivity contribution is 7.81. The molecule has 10 aliphatic rings. The van der Waals surface area contributed by atoms with Gasteiger partial charge in [-0.15, -0.1) is 0 Å². The number of fused-ring (bicyclic) bond motifs is 2. The van der Waals surface area contributed by atoms with Crippen LogP contribution in [0.4, 0.5) is 0 Å². The van der Waals surface area contributed by atoms with Crippen LogP contribution in [0.25, 0.3) is 0 Å². The molecular weight excluding hydrogens is 1740 g/mol. The number of carbonyl (C=O) groups is 8. The standard InChI is InChI=1S/C16H22N2O2S.C12H22N2O2S.C12H14N2O2S.C12H22N2O2S.C10H17NO2S.C9H15NO2S.C8H12N2O2S.C7H12N2O2S/c1-3-19-15-13(10-12-8-6-5-7-9-12)17-16(20-4-2)14(11-21)18-15;1-3-15-11-10-6-5-7-14(10)12(16-4-2)9(8-17)13-11;15-11-9(6-8-4-2-1-3-5-8)13-12(16)10(7-17)14-11;1-5-15-11-9(7-17)13-12(16-6-2)10(14-11)8(3)4;1-3-12-9-5-6-10(13-4-2)11-8(9)7-14;1-5(2)8-7(11)3-6(4-13)9(12)10-8;11-7-6-2-1-3-10(6)8(12)5(4-13)9-7;1-2-4-6(10)9-5(3-12)7(11)8-4/h5-9,13-14,21H,3-4,10-11H2,1-2H3;9-10,12,17H,3-8H2,1-2H3;1-5,9-10,17H,6-7H2,(H,13,16)(H,14,15);8-10,17H,5-7H2,1-4H3;5,8,14H,3-4,6-7H2,1-2H3;5-6,8,13H,3-4H2,1-2H3,(H,10,12);5-6,13H,1-4H2,(H,9,11);4-5,12H,2-3H2,1H3,(H,8,11)(H,9,10)/t13-,14+;9-,10+,12?;2*9-,10+;8-;6-,8+;5-,6+;4-,5+/m10100001/s1. The Balaban J connectivity index is 0.000000253. The topological polar surface area (TPSA) is 363 Å². The lowest BCUT2D eigenvalue weighted by molar-refractivity contribution is -0.146. The molecule has 0 aliphatic carbocycles. The maximum atomic E-state index is 11.8. The van der Waals surface area contributed by atoms with Crippen molar-refractivity contribution in [1.29, 1.82) is 0 Å². The summed E-state index contributed by atoms with van der Waals surface area (Å²) >= 11 is 33.3. The summed E-state index contributed by atoms with van der Waals surface area (Å²) in [6.07, 6.45) is 9.13. The number of benzene rings is 2. The molecule has 12 rings (SSSR count). The smallest absolute Gasteiger partial charge is 0.246 e. The van der Waals surface area contributed by atoms with Crippen molar-refractivity contribution in [3.8, 4) is 0 Å². The summed E-state index contributed by atoms with van der Waals surface area (Å²) in [5.41, 5.74) is 2.23. The predicted octanol–water partition coefficient (Wildman–Crippen LogP) is 8.08. The second-order valence-corrected chi connectivity index (χ2v) is 33.0. The number of carbonyl (C=O) groups excluding carboxylic acids is 8. The number of nitrogens with zero attached hydrogens (tertiary/aromatic N) is 8. The van der Waals surface area contributed by atoms with E-state index in [1.54, 1.807) is 4.90 Å². The molecule has 2 aromatic carbocycles. The number of Topliss-reactive ketones (excluding diaryl/α,β-unsaturated/α-hetero) is 1. The molecule has 6 fully saturated rings. The molecule has 10 aliphatic heterocycles. The van der Waals surface area contributed by atoms with Crippen LogP contribution in [0.1, 0.15) is 146 Å². The normalized spacial score (nSPS) is 26.6. The van der Waals surface area contributed by atoms with Crippen LogP contribution in [0.5, 0.6) is 0 Å². The van der Waals surface area contributed by atoms with E-state index < -0.39 is 24.2 Å². The lowest BCUT2D eigenvalue weighted by Gasteiger charge is -2.39. The molecule has 0 aromatic heterocycles. The van der Waals surface area contributed by atoms with E-state index in [4.69, 9.17) is 42.9 Å². The molecule has 124 heavy (non-hydrogen) atoms. The van der Waals surface area contributed by atoms with Gasteiger partial charge in [0.15, 0.2) is 11.7 Å². The van der Waals surface area contributed by atoms with Gasteiger partial charge in [0.25, 0.3) is 0 Å². The second-order valence-electron chi connectivity index (χ2n) is 30.1. The molecule has 1 unspecified atom stereocenters. The first-order valence-corrected chi connectivity index (χ1v) is 48.3. The highest BCUT2D eigenvalue weighted by atomic mass is 32.1. The molecule has 7 amide bonds. The van der Waals surface area contributed by atoms with Crippen molar-refractivity contribution in [1.82, 2.24) is 41.7 Å². The van der Waals surface area contributed by atoms with E-state index in [1.165, 1.54) is 12.0 Å². The number of amides is 7. The first-order valence-electron chi connectivity index (χ1n) is 43.3. The number of piperidine rings is 1. The molecular formula is C86H136N14O16S8. The molecule has 38 heteroatoms. The molecule has 0 spiro atoms. The lowest BCUT2D eigenvalue weighted by Crippen LogP contribution is -2.62. The van der Waals surface area contributed by atoms with Crippen molar-refractivity contribution in [2.45, 2.75) is 239 Å². The Bertz CT molecular complexity index is 3830. The molecule has 10 heterocycles. The first-order chi connectivity index (χ1) is 59.7. The van der Waals surface area contributed by atoms with Gasteiger partial charge in [0.2, 0.25) is 70.8 Å². The van der Waals surface area contributed by atoms with Gasteiger partial charge in [0.1, 0.15) is 84.5 Å². The molecule has 6 N–H and O–H groups in total. The third-order valence-electron chi connectivity index (χ3n) is 20.5. The van der Waals surface area contributed by atoms with Crippen LogP contribution in [-0.2, 0) is 89.1 Å². The zero-order valence-electron chi connectivity index (χ0n) is 74.0. The molecule has 6 saturated heterocycles. The van der Waals surface area contributed by atoms with E-state index in [9.17, 15) is 38.4 Å². The van der Waals surface area contributed by atoms with Crippen LogP contribution >= 0.6 is 101 Å². The monoisotopic (exact) mass is 1880 g/mol. The van der Waals surface area contributed by atoms with E-state index >= 15 is 0 Å². The summed E-state index contributed by atoms with van der Waals surface area (Å²) < 4.78 is 44.7. The van der Waals surface area contributed by atoms with Gasteiger partial charge in [0.05, 0.1) is 64.2 Å². The van der Waals surface area contributed by atoms with E-state index in [1.807, 2.05) is 131 Å². The van der Waals surface area contributed by atoms with Gasteiger partial charge in [-0.3, -0.25) is 43.3 Å². The highest BCUT2D eigenvalue weighted by Gasteiger charge is 2.45. The zero-order chi connectivity index (χ0) is 91.4. The summed E-state index contributed by atoms with van der Waals surface area (Å²) in [6.45, 7) is 32.6. The highest BCUT2D eigenvalue weighted by Crippen LogP contribution is 2.31. The Labute approximate surface area is 777 Å². The fourth-order valence-corrected chi connectivity index (χ4v) is 16.3.